The number of ether oxygens (including phenoxy) is 2. The molecule has 3 heterocycles. The van der Waals surface area contributed by atoms with Crippen molar-refractivity contribution in [3.63, 3.8) is 0 Å². The molecule has 1 amide bonds. The van der Waals surface area contributed by atoms with Gasteiger partial charge in [-0.25, -0.2) is 4.98 Å². The Kier molecular flexibility index (Phi) is 6.14. The summed E-state index contributed by atoms with van der Waals surface area (Å²) in [4.78, 5) is 19.3. The molecule has 1 aromatic carbocycles. The van der Waals surface area contributed by atoms with E-state index in [0.717, 1.165) is 17.9 Å². The summed E-state index contributed by atoms with van der Waals surface area (Å²) < 4.78 is 13.1. The minimum Gasteiger partial charge on any atom is -0.486 e. The van der Waals surface area contributed by atoms with Crippen molar-refractivity contribution in [3.05, 3.63) is 40.9 Å². The van der Waals surface area contributed by atoms with Crippen LogP contribution in [0, 0.1) is 0 Å². The van der Waals surface area contributed by atoms with Crippen LogP contribution in [-0.2, 0) is 18.3 Å². The number of hydrogen-bond acceptors (Lipinski definition) is 5. The number of nitrogens with zero attached hydrogens (tertiary/aromatic N) is 3. The minimum absolute atomic E-state index is 0. The lowest BCUT2D eigenvalue weighted by molar-refractivity contribution is -0.134. The molecule has 0 saturated carbocycles. The van der Waals surface area contributed by atoms with Gasteiger partial charge in [-0.05, 0) is 17.7 Å². The average Bonchev–Trinajstić information content (AvgIpc) is 3.07. The molecule has 4 rings (SSSR count). The van der Waals surface area contributed by atoms with Crippen molar-refractivity contribution in [3.8, 4) is 11.5 Å². The highest BCUT2D eigenvalue weighted by atomic mass is 35.5. The van der Waals surface area contributed by atoms with Gasteiger partial charge >= 0.3 is 0 Å². The van der Waals surface area contributed by atoms with Gasteiger partial charge in [-0.3, -0.25) is 4.79 Å². The van der Waals surface area contributed by atoms with E-state index in [1.807, 2.05) is 28.8 Å². The Morgan fingerprint density at radius 1 is 1.37 bits per heavy atom. The number of nitrogens with one attached hydrogen (secondary N) is 1. The first-order valence-electron chi connectivity index (χ1n) is 8.69. The van der Waals surface area contributed by atoms with Gasteiger partial charge in [0.25, 0.3) is 0 Å². The fourth-order valence-electron chi connectivity index (χ4n) is 3.47. The van der Waals surface area contributed by atoms with E-state index in [0.29, 0.717) is 42.8 Å². The van der Waals surface area contributed by atoms with E-state index in [2.05, 4.69) is 10.3 Å². The zero-order chi connectivity index (χ0) is 18.1. The van der Waals surface area contributed by atoms with Crippen molar-refractivity contribution in [1.29, 1.82) is 0 Å². The fraction of sp³-hybridized carbons (Fsp3) is 0.444. The summed E-state index contributed by atoms with van der Waals surface area (Å²) in [5.74, 6) is 2.09. The van der Waals surface area contributed by atoms with Crippen LogP contribution in [0.1, 0.15) is 17.4 Å². The van der Waals surface area contributed by atoms with Gasteiger partial charge in [0.15, 0.2) is 11.5 Å². The molecule has 0 bridgehead atoms. The quantitative estimate of drug-likeness (QED) is 0.834. The highest BCUT2D eigenvalue weighted by Crippen LogP contribution is 2.38. The molecule has 2 aliphatic heterocycles. The van der Waals surface area contributed by atoms with Crippen molar-refractivity contribution in [2.75, 3.05) is 32.8 Å². The normalized spacial score (nSPS) is 18.7. The van der Waals surface area contributed by atoms with E-state index in [-0.39, 0.29) is 30.8 Å². The molecule has 7 nitrogen and oxygen atoms in total. The number of piperazine rings is 1. The molecule has 0 spiro atoms. The maximum absolute atomic E-state index is 13.0. The van der Waals surface area contributed by atoms with Crippen LogP contribution in [0.2, 0.25) is 5.02 Å². The highest BCUT2D eigenvalue weighted by Gasteiger charge is 2.30. The van der Waals surface area contributed by atoms with Gasteiger partial charge in [0, 0.05) is 39.1 Å². The fourth-order valence-corrected chi connectivity index (χ4v) is 3.76. The van der Waals surface area contributed by atoms with E-state index >= 15 is 0 Å². The third kappa shape index (κ3) is 4.00. The Morgan fingerprint density at radius 3 is 2.96 bits per heavy atom. The Balaban J connectivity index is 0.00000210. The second-order valence-corrected chi connectivity index (χ2v) is 6.89. The van der Waals surface area contributed by atoms with Gasteiger partial charge in [-0.15, -0.1) is 12.4 Å². The summed E-state index contributed by atoms with van der Waals surface area (Å²) in [6.45, 7) is 3.08. The smallest absolute Gasteiger partial charge is 0.227 e. The number of carbonyl (C=O) groups excluding carboxylic acids is 1. The molecule has 2 aliphatic rings. The van der Waals surface area contributed by atoms with Crippen LogP contribution in [-0.4, -0.2) is 53.2 Å². The van der Waals surface area contributed by atoms with Gasteiger partial charge in [0.2, 0.25) is 5.91 Å². The molecule has 0 radical (unpaired) electrons. The largest absolute Gasteiger partial charge is 0.486 e. The predicted octanol–water partition coefficient (Wildman–Crippen LogP) is 1.98. The molecule has 0 aliphatic carbocycles. The van der Waals surface area contributed by atoms with Crippen LogP contribution in [0.4, 0.5) is 0 Å². The number of benzene rings is 1. The zero-order valence-corrected chi connectivity index (χ0v) is 16.6. The maximum Gasteiger partial charge on any atom is 0.227 e. The van der Waals surface area contributed by atoms with Crippen molar-refractivity contribution in [2.45, 2.75) is 12.5 Å². The SMILES string of the molecule is Cl.Cn1ccnc1C1CNCCN1C(=O)Cc1cc(Cl)c2c(c1)OCCO2. The van der Waals surface area contributed by atoms with Gasteiger partial charge in [0.1, 0.15) is 25.1 Å². The predicted molar refractivity (Wildman–Crippen MR) is 104 cm³/mol. The molecule has 1 saturated heterocycles. The van der Waals surface area contributed by atoms with Crippen LogP contribution >= 0.6 is 24.0 Å². The van der Waals surface area contributed by atoms with E-state index in [4.69, 9.17) is 21.1 Å². The minimum atomic E-state index is -0.0797. The lowest BCUT2D eigenvalue weighted by Gasteiger charge is -2.36. The molecule has 1 atom stereocenters. The first kappa shape index (κ1) is 19.8. The van der Waals surface area contributed by atoms with Crippen LogP contribution < -0.4 is 14.8 Å². The standard InChI is InChI=1S/C18H21ClN4O3.ClH/c1-22-4-3-21-18(22)14-11-20-2-5-23(14)16(24)10-12-8-13(19)17-15(9-12)25-6-7-26-17;/h3-4,8-9,14,20H,2,5-7,10-11H2,1H3;1H. The van der Waals surface area contributed by atoms with Crippen molar-refractivity contribution in [1.82, 2.24) is 19.8 Å². The van der Waals surface area contributed by atoms with Crippen LogP contribution in [0.3, 0.4) is 0 Å². The van der Waals surface area contributed by atoms with E-state index < -0.39 is 0 Å². The third-order valence-electron chi connectivity index (χ3n) is 4.73. The molecule has 1 unspecified atom stereocenters. The van der Waals surface area contributed by atoms with Crippen molar-refractivity contribution < 1.29 is 14.3 Å². The lowest BCUT2D eigenvalue weighted by atomic mass is 10.1. The van der Waals surface area contributed by atoms with Gasteiger partial charge in [0.05, 0.1) is 11.4 Å². The molecule has 27 heavy (non-hydrogen) atoms. The monoisotopic (exact) mass is 412 g/mol. The Hall–Kier alpha value is -1.96. The summed E-state index contributed by atoms with van der Waals surface area (Å²) in [5.41, 5.74) is 0.821. The van der Waals surface area contributed by atoms with Crippen molar-refractivity contribution >= 4 is 29.9 Å². The lowest BCUT2D eigenvalue weighted by Crippen LogP contribution is -2.49. The number of fused-ring (bicyclic) bond motifs is 1. The summed E-state index contributed by atoms with van der Waals surface area (Å²) in [6.07, 6.45) is 3.91. The Labute approximate surface area is 169 Å². The molecule has 9 heteroatoms. The van der Waals surface area contributed by atoms with Gasteiger partial charge in [-0.1, -0.05) is 11.6 Å². The first-order chi connectivity index (χ1) is 12.6. The van der Waals surface area contributed by atoms with E-state index in [1.165, 1.54) is 0 Å². The third-order valence-corrected chi connectivity index (χ3v) is 5.01. The Bertz CT molecular complexity index is 827. The van der Waals surface area contributed by atoms with Crippen LogP contribution in [0.15, 0.2) is 24.5 Å². The molecular weight excluding hydrogens is 391 g/mol. The second kappa shape index (κ2) is 8.37. The number of halogens is 2. The number of aryl methyl sites for hydroxylation is 1. The zero-order valence-electron chi connectivity index (χ0n) is 15.0. The number of rotatable bonds is 3. The first-order valence-corrected chi connectivity index (χ1v) is 9.06. The molecule has 146 valence electrons. The summed E-state index contributed by atoms with van der Waals surface area (Å²) in [6, 6.07) is 3.55. The average molecular weight is 413 g/mol. The molecular formula is C18H22Cl2N4O3. The highest BCUT2D eigenvalue weighted by molar-refractivity contribution is 6.32. The maximum atomic E-state index is 13.0. The van der Waals surface area contributed by atoms with Crippen LogP contribution in [0.5, 0.6) is 11.5 Å². The van der Waals surface area contributed by atoms with E-state index in [1.54, 1.807) is 12.3 Å². The second-order valence-electron chi connectivity index (χ2n) is 6.48. The van der Waals surface area contributed by atoms with Crippen LogP contribution in [0.25, 0.3) is 0 Å². The molecule has 1 N–H and O–H groups in total. The summed E-state index contributed by atoms with van der Waals surface area (Å²) in [5, 5.41) is 3.82. The molecule has 1 aromatic heterocycles. The number of amides is 1. The molecule has 2 aromatic rings. The van der Waals surface area contributed by atoms with Gasteiger partial charge in [-0.2, -0.15) is 0 Å². The number of carbonyl (C=O) groups is 1. The van der Waals surface area contributed by atoms with Crippen molar-refractivity contribution in [2.24, 2.45) is 7.05 Å². The number of imidazole rings is 1. The van der Waals surface area contributed by atoms with Gasteiger partial charge < -0.3 is 24.3 Å². The Morgan fingerprint density at radius 2 is 2.19 bits per heavy atom. The summed E-state index contributed by atoms with van der Waals surface area (Å²) >= 11 is 6.29. The number of hydrogen-bond donors (Lipinski definition) is 1. The topological polar surface area (TPSA) is 68.6 Å². The van der Waals surface area contributed by atoms with E-state index in [9.17, 15) is 4.79 Å². The summed E-state index contributed by atoms with van der Waals surface area (Å²) in [7, 11) is 1.94. The molecule has 1 fully saturated rings. The number of aromatic nitrogens is 2.